The summed E-state index contributed by atoms with van der Waals surface area (Å²) in [6, 6.07) is 4.65. The standard InChI is InChI=1S/C11H10FN3O2/c1-7-3-2-4-8(10(7)12)11(16)13-5-9-14-6-17-15-9/h2-4,6H,5H2,1H3,(H,13,16). The molecule has 0 unspecified atom stereocenters. The zero-order valence-corrected chi connectivity index (χ0v) is 9.11. The van der Waals surface area contributed by atoms with Gasteiger partial charge < -0.3 is 9.84 Å². The van der Waals surface area contributed by atoms with Gasteiger partial charge in [-0.15, -0.1) is 0 Å². The van der Waals surface area contributed by atoms with Gasteiger partial charge in [0.1, 0.15) is 5.82 Å². The van der Waals surface area contributed by atoms with Crippen molar-refractivity contribution in [2.75, 3.05) is 0 Å². The molecule has 2 aromatic rings. The summed E-state index contributed by atoms with van der Waals surface area (Å²) in [7, 11) is 0. The van der Waals surface area contributed by atoms with Crippen molar-refractivity contribution in [3.05, 3.63) is 47.4 Å². The number of nitrogens with one attached hydrogen (secondary N) is 1. The Morgan fingerprint density at radius 1 is 1.53 bits per heavy atom. The first-order chi connectivity index (χ1) is 8.18. The van der Waals surface area contributed by atoms with Crippen molar-refractivity contribution in [2.45, 2.75) is 13.5 Å². The van der Waals surface area contributed by atoms with E-state index in [2.05, 4.69) is 20.0 Å². The lowest BCUT2D eigenvalue weighted by Gasteiger charge is -2.05. The van der Waals surface area contributed by atoms with E-state index in [1.807, 2.05) is 0 Å². The van der Waals surface area contributed by atoms with Gasteiger partial charge in [0.05, 0.1) is 12.1 Å². The van der Waals surface area contributed by atoms with Crippen LogP contribution in [0.15, 0.2) is 29.1 Å². The molecule has 0 saturated heterocycles. The fourth-order valence-electron chi connectivity index (χ4n) is 1.35. The van der Waals surface area contributed by atoms with Crippen LogP contribution in [0.25, 0.3) is 0 Å². The van der Waals surface area contributed by atoms with Crippen LogP contribution in [0.1, 0.15) is 21.7 Å². The second-order valence-corrected chi connectivity index (χ2v) is 3.47. The van der Waals surface area contributed by atoms with Gasteiger partial charge >= 0.3 is 0 Å². The SMILES string of the molecule is Cc1cccc(C(=O)NCc2ncon2)c1F. The van der Waals surface area contributed by atoms with Crippen molar-refractivity contribution in [3.63, 3.8) is 0 Å². The van der Waals surface area contributed by atoms with Crippen LogP contribution in [-0.4, -0.2) is 16.0 Å². The van der Waals surface area contributed by atoms with Crippen molar-refractivity contribution < 1.29 is 13.7 Å². The molecule has 0 aliphatic carbocycles. The van der Waals surface area contributed by atoms with Gasteiger partial charge in [0.15, 0.2) is 5.82 Å². The molecule has 2 rings (SSSR count). The van der Waals surface area contributed by atoms with E-state index in [-0.39, 0.29) is 12.1 Å². The van der Waals surface area contributed by atoms with Crippen LogP contribution in [0.2, 0.25) is 0 Å². The average Bonchev–Trinajstić information content (AvgIpc) is 2.82. The minimum Gasteiger partial charge on any atom is -0.345 e. The Morgan fingerprint density at radius 3 is 3.06 bits per heavy atom. The number of carbonyl (C=O) groups excluding carboxylic acids is 1. The first-order valence-corrected chi connectivity index (χ1v) is 4.97. The van der Waals surface area contributed by atoms with Crippen LogP contribution in [-0.2, 0) is 6.54 Å². The molecule has 1 aromatic carbocycles. The molecule has 0 spiro atoms. The summed E-state index contributed by atoms with van der Waals surface area (Å²) in [6.07, 6.45) is 1.16. The lowest BCUT2D eigenvalue weighted by atomic mass is 10.1. The molecule has 0 radical (unpaired) electrons. The summed E-state index contributed by atoms with van der Waals surface area (Å²) in [6.45, 7) is 1.70. The van der Waals surface area contributed by atoms with Crippen molar-refractivity contribution in [1.82, 2.24) is 15.5 Å². The number of rotatable bonds is 3. The molecule has 0 atom stereocenters. The topological polar surface area (TPSA) is 68.0 Å². The normalized spacial score (nSPS) is 10.2. The largest absolute Gasteiger partial charge is 0.345 e. The van der Waals surface area contributed by atoms with Crippen molar-refractivity contribution in [1.29, 1.82) is 0 Å². The van der Waals surface area contributed by atoms with E-state index in [4.69, 9.17) is 0 Å². The molecule has 6 heteroatoms. The fourth-order valence-corrected chi connectivity index (χ4v) is 1.35. The number of hydrogen-bond donors (Lipinski definition) is 1. The quantitative estimate of drug-likeness (QED) is 0.874. The molecule has 1 aromatic heterocycles. The molecule has 0 aliphatic heterocycles. The molecule has 1 N–H and O–H groups in total. The van der Waals surface area contributed by atoms with Crippen LogP contribution in [0.4, 0.5) is 4.39 Å². The maximum absolute atomic E-state index is 13.6. The van der Waals surface area contributed by atoms with E-state index in [9.17, 15) is 9.18 Å². The predicted octanol–water partition coefficient (Wildman–Crippen LogP) is 1.45. The Hall–Kier alpha value is -2.24. The molecule has 0 bridgehead atoms. The number of amides is 1. The fraction of sp³-hybridized carbons (Fsp3) is 0.182. The molecule has 0 saturated carbocycles. The van der Waals surface area contributed by atoms with E-state index in [0.29, 0.717) is 11.4 Å². The Labute approximate surface area is 96.6 Å². The van der Waals surface area contributed by atoms with Crippen molar-refractivity contribution in [2.24, 2.45) is 0 Å². The first kappa shape index (κ1) is 11.3. The van der Waals surface area contributed by atoms with Gasteiger partial charge in [-0.25, -0.2) is 4.39 Å². The molecular weight excluding hydrogens is 225 g/mol. The molecule has 1 amide bonds. The van der Waals surface area contributed by atoms with Gasteiger partial charge in [-0.3, -0.25) is 4.79 Å². The van der Waals surface area contributed by atoms with Crippen molar-refractivity contribution >= 4 is 5.91 Å². The third kappa shape index (κ3) is 2.47. The third-order valence-electron chi connectivity index (χ3n) is 2.25. The molecule has 0 fully saturated rings. The smallest absolute Gasteiger partial charge is 0.254 e. The summed E-state index contributed by atoms with van der Waals surface area (Å²) < 4.78 is 18.1. The number of aryl methyl sites for hydroxylation is 1. The maximum atomic E-state index is 13.6. The zero-order chi connectivity index (χ0) is 12.3. The van der Waals surface area contributed by atoms with Gasteiger partial charge in [-0.2, -0.15) is 4.98 Å². The van der Waals surface area contributed by atoms with E-state index in [0.717, 1.165) is 6.39 Å². The van der Waals surface area contributed by atoms with Gasteiger partial charge in [0.25, 0.3) is 5.91 Å². The summed E-state index contributed by atoms with van der Waals surface area (Å²) in [5, 5.41) is 6.03. The lowest BCUT2D eigenvalue weighted by molar-refractivity contribution is 0.0945. The summed E-state index contributed by atoms with van der Waals surface area (Å²) in [5.41, 5.74) is 0.436. The Balaban J connectivity index is 2.07. The number of benzene rings is 1. The van der Waals surface area contributed by atoms with Crippen molar-refractivity contribution in [3.8, 4) is 0 Å². The zero-order valence-electron chi connectivity index (χ0n) is 9.11. The monoisotopic (exact) mass is 235 g/mol. The third-order valence-corrected chi connectivity index (χ3v) is 2.25. The minimum absolute atomic E-state index is 0.00787. The highest BCUT2D eigenvalue weighted by atomic mass is 19.1. The maximum Gasteiger partial charge on any atom is 0.254 e. The molecule has 17 heavy (non-hydrogen) atoms. The first-order valence-electron chi connectivity index (χ1n) is 4.97. The number of hydrogen-bond acceptors (Lipinski definition) is 4. The van der Waals surface area contributed by atoms with Crippen LogP contribution in [0.3, 0.4) is 0 Å². The van der Waals surface area contributed by atoms with Gasteiger partial charge in [-0.05, 0) is 18.6 Å². The number of halogens is 1. The van der Waals surface area contributed by atoms with E-state index in [1.165, 1.54) is 6.07 Å². The molecular formula is C11H10FN3O2. The summed E-state index contributed by atoms with van der Waals surface area (Å²) >= 11 is 0. The van der Waals surface area contributed by atoms with E-state index < -0.39 is 11.7 Å². The van der Waals surface area contributed by atoms with Gasteiger partial charge in [0.2, 0.25) is 6.39 Å². The molecule has 1 heterocycles. The highest BCUT2D eigenvalue weighted by molar-refractivity contribution is 5.94. The average molecular weight is 235 g/mol. The second kappa shape index (κ2) is 4.73. The predicted molar refractivity (Wildman–Crippen MR) is 56.6 cm³/mol. The summed E-state index contributed by atoms with van der Waals surface area (Å²) in [5.74, 6) is -0.680. The molecule has 0 aliphatic rings. The highest BCUT2D eigenvalue weighted by Gasteiger charge is 2.13. The van der Waals surface area contributed by atoms with Crippen LogP contribution >= 0.6 is 0 Å². The van der Waals surface area contributed by atoms with Crippen LogP contribution in [0, 0.1) is 12.7 Å². The minimum atomic E-state index is -0.516. The van der Waals surface area contributed by atoms with Gasteiger partial charge in [-0.1, -0.05) is 17.3 Å². The van der Waals surface area contributed by atoms with E-state index in [1.54, 1.807) is 19.1 Å². The summed E-state index contributed by atoms with van der Waals surface area (Å²) in [4.78, 5) is 15.4. The van der Waals surface area contributed by atoms with Crippen LogP contribution in [0.5, 0.6) is 0 Å². The Morgan fingerprint density at radius 2 is 2.35 bits per heavy atom. The second-order valence-electron chi connectivity index (χ2n) is 3.47. The number of nitrogens with zero attached hydrogens (tertiary/aromatic N) is 2. The molecule has 88 valence electrons. The number of aromatic nitrogens is 2. The Bertz CT molecular complexity index is 526. The number of carbonyl (C=O) groups is 1. The highest BCUT2D eigenvalue weighted by Crippen LogP contribution is 2.11. The Kier molecular flexibility index (Phi) is 3.13. The van der Waals surface area contributed by atoms with Crippen LogP contribution < -0.4 is 5.32 Å². The van der Waals surface area contributed by atoms with Gasteiger partial charge in [0, 0.05) is 0 Å². The lowest BCUT2D eigenvalue weighted by Crippen LogP contribution is -2.24. The molecule has 5 nitrogen and oxygen atoms in total. The van der Waals surface area contributed by atoms with E-state index >= 15 is 0 Å².